The second-order valence-corrected chi connectivity index (χ2v) is 6.22. The van der Waals surface area contributed by atoms with E-state index >= 15 is 0 Å². The Hall–Kier alpha value is -1.41. The van der Waals surface area contributed by atoms with E-state index in [0.717, 1.165) is 24.7 Å². The number of aromatic nitrogens is 2. The van der Waals surface area contributed by atoms with Gasteiger partial charge in [-0.05, 0) is 46.9 Å². The molecule has 3 rings (SSSR count). The molecule has 0 unspecified atom stereocenters. The van der Waals surface area contributed by atoms with Crippen LogP contribution in [0.3, 0.4) is 0 Å². The molecule has 4 nitrogen and oxygen atoms in total. The Bertz CT molecular complexity index is 758. The number of benzene rings is 1. The van der Waals surface area contributed by atoms with Gasteiger partial charge in [0.25, 0.3) is 0 Å². The Morgan fingerprint density at radius 3 is 2.85 bits per heavy atom. The topological polar surface area (TPSA) is 64.9 Å². The molecule has 0 radical (unpaired) electrons. The molecule has 0 aliphatic rings. The van der Waals surface area contributed by atoms with Crippen molar-refractivity contribution in [1.82, 2.24) is 10.1 Å². The molecule has 0 aliphatic carbocycles. The summed E-state index contributed by atoms with van der Waals surface area (Å²) in [7, 11) is 0. The third kappa shape index (κ3) is 2.45. The summed E-state index contributed by atoms with van der Waals surface area (Å²) in [6.07, 6.45) is 3.47. The molecule has 2 aromatic heterocycles. The molecule has 0 amide bonds. The lowest BCUT2D eigenvalue weighted by atomic mass is 10.0. The van der Waals surface area contributed by atoms with Gasteiger partial charge in [-0.2, -0.15) is 0 Å². The Morgan fingerprint density at radius 2 is 2.10 bits per heavy atom. The number of pyridine rings is 1. The van der Waals surface area contributed by atoms with Gasteiger partial charge in [-0.3, -0.25) is 4.98 Å². The predicted molar refractivity (Wildman–Crippen MR) is 90.0 cm³/mol. The number of nitrogen functional groups attached to an aromatic ring is 1. The van der Waals surface area contributed by atoms with Gasteiger partial charge in [-0.1, -0.05) is 27.2 Å². The summed E-state index contributed by atoms with van der Waals surface area (Å²) in [5, 5.41) is 3.90. The van der Waals surface area contributed by atoms with E-state index in [0.29, 0.717) is 11.6 Å². The lowest BCUT2D eigenvalue weighted by molar-refractivity contribution is 0.436. The van der Waals surface area contributed by atoms with E-state index in [-0.39, 0.29) is 0 Å². The zero-order valence-electron chi connectivity index (χ0n) is 10.2. The SMILES string of the molecule is Nc1noc(-c2cc(Br)ccc2I)c1-c1cccnc1. The summed E-state index contributed by atoms with van der Waals surface area (Å²) < 4.78 is 7.48. The molecular formula is C14H9BrIN3O. The number of nitrogens with two attached hydrogens (primary N) is 1. The van der Waals surface area contributed by atoms with Gasteiger partial charge in [0.05, 0.1) is 5.56 Å². The van der Waals surface area contributed by atoms with Crippen molar-refractivity contribution < 1.29 is 4.52 Å². The fourth-order valence-corrected chi connectivity index (χ4v) is 2.89. The van der Waals surface area contributed by atoms with E-state index < -0.39 is 0 Å². The Kier molecular flexibility index (Phi) is 3.75. The lowest BCUT2D eigenvalue weighted by Gasteiger charge is -2.05. The molecule has 0 fully saturated rings. The van der Waals surface area contributed by atoms with Crippen LogP contribution in [0.2, 0.25) is 0 Å². The van der Waals surface area contributed by atoms with E-state index in [2.05, 4.69) is 48.7 Å². The maximum atomic E-state index is 5.95. The maximum absolute atomic E-state index is 5.95. The number of anilines is 1. The molecule has 3 aromatic rings. The largest absolute Gasteiger partial charge is 0.380 e. The van der Waals surface area contributed by atoms with Crippen LogP contribution in [-0.2, 0) is 0 Å². The molecule has 100 valence electrons. The van der Waals surface area contributed by atoms with Crippen molar-refractivity contribution in [2.45, 2.75) is 0 Å². The Labute approximate surface area is 137 Å². The van der Waals surface area contributed by atoms with Crippen molar-refractivity contribution in [1.29, 1.82) is 0 Å². The van der Waals surface area contributed by atoms with Crippen LogP contribution in [0.4, 0.5) is 5.82 Å². The van der Waals surface area contributed by atoms with Crippen LogP contribution in [0.15, 0.2) is 51.7 Å². The van der Waals surface area contributed by atoms with Crippen LogP contribution in [0, 0.1) is 3.57 Å². The van der Waals surface area contributed by atoms with Gasteiger partial charge in [0.2, 0.25) is 0 Å². The number of nitrogens with zero attached hydrogens (tertiary/aromatic N) is 2. The molecule has 2 heterocycles. The summed E-state index contributed by atoms with van der Waals surface area (Å²) in [5.41, 5.74) is 8.56. The normalized spacial score (nSPS) is 10.7. The fourth-order valence-electron chi connectivity index (χ4n) is 1.95. The first kappa shape index (κ1) is 13.6. The minimum absolute atomic E-state index is 0.365. The van der Waals surface area contributed by atoms with Crippen LogP contribution in [-0.4, -0.2) is 10.1 Å². The van der Waals surface area contributed by atoms with Crippen LogP contribution in [0.25, 0.3) is 22.5 Å². The number of rotatable bonds is 2. The maximum Gasteiger partial charge on any atom is 0.178 e. The van der Waals surface area contributed by atoms with Gasteiger partial charge in [0, 0.05) is 31.6 Å². The molecule has 0 saturated carbocycles. The standard InChI is InChI=1S/C14H9BrIN3O/c15-9-3-4-11(16)10(6-9)13-12(14(17)19-20-13)8-2-1-5-18-7-8/h1-7H,(H2,17,19). The van der Waals surface area contributed by atoms with Crippen molar-refractivity contribution in [2.24, 2.45) is 0 Å². The first-order chi connectivity index (χ1) is 9.66. The molecule has 2 N–H and O–H groups in total. The molecular weight excluding hydrogens is 433 g/mol. The van der Waals surface area contributed by atoms with E-state index in [1.54, 1.807) is 12.4 Å². The zero-order chi connectivity index (χ0) is 14.1. The van der Waals surface area contributed by atoms with Gasteiger partial charge in [0.15, 0.2) is 11.6 Å². The second kappa shape index (κ2) is 5.53. The molecule has 0 atom stereocenters. The van der Waals surface area contributed by atoms with Gasteiger partial charge >= 0.3 is 0 Å². The molecule has 1 aromatic carbocycles. The summed E-state index contributed by atoms with van der Waals surface area (Å²) in [4.78, 5) is 4.12. The van der Waals surface area contributed by atoms with Gasteiger partial charge in [-0.25, -0.2) is 0 Å². The first-order valence-electron chi connectivity index (χ1n) is 5.78. The highest BCUT2D eigenvalue weighted by atomic mass is 127. The third-order valence-corrected chi connectivity index (χ3v) is 4.28. The highest BCUT2D eigenvalue weighted by molar-refractivity contribution is 14.1. The lowest BCUT2D eigenvalue weighted by Crippen LogP contribution is -1.90. The zero-order valence-corrected chi connectivity index (χ0v) is 13.9. The Balaban J connectivity index is 2.24. The average Bonchev–Trinajstić information content (AvgIpc) is 2.84. The van der Waals surface area contributed by atoms with Gasteiger partial charge in [0.1, 0.15) is 0 Å². The van der Waals surface area contributed by atoms with Crippen LogP contribution in [0.5, 0.6) is 0 Å². The minimum atomic E-state index is 0.365. The van der Waals surface area contributed by atoms with Crippen LogP contribution < -0.4 is 5.73 Å². The van der Waals surface area contributed by atoms with E-state index in [4.69, 9.17) is 10.3 Å². The smallest absolute Gasteiger partial charge is 0.178 e. The molecule has 0 spiro atoms. The molecule has 0 bridgehead atoms. The number of hydrogen-bond acceptors (Lipinski definition) is 4. The average molecular weight is 442 g/mol. The van der Waals surface area contributed by atoms with Crippen molar-refractivity contribution in [3.8, 4) is 22.5 Å². The highest BCUT2D eigenvalue weighted by Crippen LogP contribution is 2.38. The Morgan fingerprint density at radius 1 is 1.25 bits per heavy atom. The summed E-state index contributed by atoms with van der Waals surface area (Å²) in [6, 6.07) is 9.77. The fraction of sp³-hybridized carbons (Fsp3) is 0. The second-order valence-electron chi connectivity index (χ2n) is 4.14. The first-order valence-corrected chi connectivity index (χ1v) is 7.65. The number of hydrogen-bond donors (Lipinski definition) is 1. The highest BCUT2D eigenvalue weighted by Gasteiger charge is 2.19. The van der Waals surface area contributed by atoms with Crippen molar-refractivity contribution in [3.05, 3.63) is 50.8 Å². The molecule has 0 saturated heterocycles. The van der Waals surface area contributed by atoms with Gasteiger partial charge < -0.3 is 10.3 Å². The van der Waals surface area contributed by atoms with Crippen LogP contribution >= 0.6 is 38.5 Å². The summed E-state index contributed by atoms with van der Waals surface area (Å²) >= 11 is 5.73. The molecule has 6 heteroatoms. The minimum Gasteiger partial charge on any atom is -0.380 e. The quantitative estimate of drug-likeness (QED) is 0.600. The van der Waals surface area contributed by atoms with Crippen molar-refractivity contribution >= 4 is 44.3 Å². The predicted octanol–water partition coefficient (Wildman–Crippen LogP) is 4.35. The van der Waals surface area contributed by atoms with Crippen molar-refractivity contribution in [2.75, 3.05) is 5.73 Å². The summed E-state index contributed by atoms with van der Waals surface area (Å²) in [6.45, 7) is 0. The van der Waals surface area contributed by atoms with Gasteiger partial charge in [-0.15, -0.1) is 0 Å². The number of halogens is 2. The molecule has 0 aliphatic heterocycles. The monoisotopic (exact) mass is 441 g/mol. The molecule has 20 heavy (non-hydrogen) atoms. The third-order valence-electron chi connectivity index (χ3n) is 2.84. The van der Waals surface area contributed by atoms with E-state index in [1.165, 1.54) is 0 Å². The van der Waals surface area contributed by atoms with Crippen LogP contribution in [0.1, 0.15) is 0 Å². The summed E-state index contributed by atoms with van der Waals surface area (Å²) in [5.74, 6) is 1.02. The van der Waals surface area contributed by atoms with Crippen molar-refractivity contribution in [3.63, 3.8) is 0 Å². The van der Waals surface area contributed by atoms with E-state index in [9.17, 15) is 0 Å². The van der Waals surface area contributed by atoms with E-state index in [1.807, 2.05) is 30.3 Å².